The van der Waals surface area contributed by atoms with Crippen LogP contribution >= 0.6 is 11.3 Å². The van der Waals surface area contributed by atoms with Crippen LogP contribution in [-0.4, -0.2) is 23.6 Å². The molecule has 4 heteroatoms. The Bertz CT molecular complexity index is 304. The Balaban J connectivity index is 1.88. The van der Waals surface area contributed by atoms with E-state index in [4.69, 9.17) is 0 Å². The van der Waals surface area contributed by atoms with Gasteiger partial charge in [0.2, 0.25) is 0 Å². The molecule has 1 saturated heterocycles. The molecule has 0 amide bonds. The number of aromatic nitrogens is 1. The van der Waals surface area contributed by atoms with Crippen molar-refractivity contribution in [3.05, 3.63) is 16.6 Å². The van der Waals surface area contributed by atoms with Crippen molar-refractivity contribution < 1.29 is 0 Å². The summed E-state index contributed by atoms with van der Waals surface area (Å²) in [4.78, 5) is 4.39. The highest BCUT2D eigenvalue weighted by molar-refractivity contribution is 7.09. The zero-order chi connectivity index (χ0) is 11.4. The van der Waals surface area contributed by atoms with Gasteiger partial charge < -0.3 is 10.6 Å². The van der Waals surface area contributed by atoms with Crippen molar-refractivity contribution in [2.45, 2.75) is 44.7 Å². The van der Waals surface area contributed by atoms with Gasteiger partial charge in [-0.05, 0) is 32.7 Å². The lowest BCUT2D eigenvalue weighted by Crippen LogP contribution is -2.46. The normalized spacial score (nSPS) is 27.1. The predicted octanol–water partition coefficient (Wildman–Crippen LogP) is 2.33. The minimum absolute atomic E-state index is 0.282. The molecule has 0 aliphatic carbocycles. The average molecular weight is 239 g/mol. The minimum Gasteiger partial charge on any atom is -0.310 e. The molecule has 1 aliphatic heterocycles. The van der Waals surface area contributed by atoms with Crippen molar-refractivity contribution in [2.75, 3.05) is 13.1 Å². The van der Waals surface area contributed by atoms with Crippen LogP contribution in [0.25, 0.3) is 0 Å². The Morgan fingerprint density at radius 2 is 2.56 bits per heavy atom. The van der Waals surface area contributed by atoms with E-state index in [1.807, 2.05) is 6.20 Å². The van der Waals surface area contributed by atoms with E-state index in [2.05, 4.69) is 34.8 Å². The van der Waals surface area contributed by atoms with Crippen molar-refractivity contribution in [3.8, 4) is 0 Å². The summed E-state index contributed by atoms with van der Waals surface area (Å²) in [5.74, 6) is 0. The highest BCUT2D eigenvalue weighted by Gasteiger charge is 2.28. The second kappa shape index (κ2) is 5.25. The van der Waals surface area contributed by atoms with Gasteiger partial charge in [0, 0.05) is 23.7 Å². The number of thiazole rings is 1. The highest BCUT2D eigenvalue weighted by atomic mass is 32.1. The summed E-state index contributed by atoms with van der Waals surface area (Å²) in [5, 5.41) is 10.5. The van der Waals surface area contributed by atoms with E-state index in [0.29, 0.717) is 6.04 Å². The summed E-state index contributed by atoms with van der Waals surface area (Å²) in [6.07, 6.45) is 5.56. The van der Waals surface area contributed by atoms with Gasteiger partial charge in [0.05, 0.1) is 6.04 Å². The van der Waals surface area contributed by atoms with E-state index in [1.54, 1.807) is 11.3 Å². The standard InChI is InChI=1S/C12H21N3S/c1-3-10(11-13-7-8-16-11)14-9-12(2)5-4-6-15-12/h7-8,10,14-15H,3-6,9H2,1-2H3. The molecule has 3 nitrogen and oxygen atoms in total. The van der Waals surface area contributed by atoms with Gasteiger partial charge in [0.15, 0.2) is 0 Å². The Labute approximate surface area is 102 Å². The van der Waals surface area contributed by atoms with E-state index < -0.39 is 0 Å². The molecule has 0 spiro atoms. The lowest BCUT2D eigenvalue weighted by atomic mass is 10.00. The minimum atomic E-state index is 0.282. The van der Waals surface area contributed by atoms with E-state index in [-0.39, 0.29) is 5.54 Å². The quantitative estimate of drug-likeness (QED) is 0.828. The van der Waals surface area contributed by atoms with E-state index in [1.165, 1.54) is 17.8 Å². The van der Waals surface area contributed by atoms with Crippen LogP contribution < -0.4 is 10.6 Å². The third-order valence-electron chi connectivity index (χ3n) is 3.35. The Kier molecular flexibility index (Phi) is 3.95. The molecule has 0 bridgehead atoms. The molecular weight excluding hydrogens is 218 g/mol. The van der Waals surface area contributed by atoms with Crippen LogP contribution in [-0.2, 0) is 0 Å². The fourth-order valence-electron chi connectivity index (χ4n) is 2.27. The van der Waals surface area contributed by atoms with Crippen LogP contribution in [0.15, 0.2) is 11.6 Å². The van der Waals surface area contributed by atoms with Crippen LogP contribution in [0.3, 0.4) is 0 Å². The number of nitrogens with zero attached hydrogens (tertiary/aromatic N) is 1. The van der Waals surface area contributed by atoms with Gasteiger partial charge in [-0.3, -0.25) is 0 Å². The zero-order valence-electron chi connectivity index (χ0n) is 10.1. The fourth-order valence-corrected chi connectivity index (χ4v) is 3.07. The predicted molar refractivity (Wildman–Crippen MR) is 68.8 cm³/mol. The van der Waals surface area contributed by atoms with Gasteiger partial charge >= 0.3 is 0 Å². The molecule has 2 heterocycles. The molecule has 0 radical (unpaired) electrons. The molecule has 0 aromatic carbocycles. The van der Waals surface area contributed by atoms with Gasteiger partial charge in [-0.2, -0.15) is 0 Å². The molecular formula is C12H21N3S. The van der Waals surface area contributed by atoms with E-state index in [0.717, 1.165) is 19.5 Å². The second-order valence-electron chi connectivity index (χ2n) is 4.80. The average Bonchev–Trinajstić information content (AvgIpc) is 2.91. The van der Waals surface area contributed by atoms with E-state index in [9.17, 15) is 0 Å². The summed E-state index contributed by atoms with van der Waals surface area (Å²) in [5.41, 5.74) is 0.282. The molecule has 90 valence electrons. The van der Waals surface area contributed by atoms with E-state index >= 15 is 0 Å². The van der Waals surface area contributed by atoms with Crippen LogP contribution in [0.2, 0.25) is 0 Å². The number of nitrogens with one attached hydrogen (secondary N) is 2. The topological polar surface area (TPSA) is 37.0 Å². The van der Waals surface area contributed by atoms with Gasteiger partial charge in [-0.25, -0.2) is 4.98 Å². The molecule has 1 aromatic heterocycles. The monoisotopic (exact) mass is 239 g/mol. The Morgan fingerprint density at radius 3 is 3.12 bits per heavy atom. The maximum atomic E-state index is 4.39. The van der Waals surface area contributed by atoms with Crippen LogP contribution in [0.1, 0.15) is 44.2 Å². The lowest BCUT2D eigenvalue weighted by molar-refractivity contribution is 0.357. The summed E-state index contributed by atoms with van der Waals surface area (Å²) in [6.45, 7) is 6.71. The van der Waals surface area contributed by atoms with Gasteiger partial charge in [0.25, 0.3) is 0 Å². The molecule has 2 atom stereocenters. The molecule has 2 unspecified atom stereocenters. The number of hydrogen-bond acceptors (Lipinski definition) is 4. The molecule has 1 fully saturated rings. The molecule has 1 aliphatic rings. The lowest BCUT2D eigenvalue weighted by Gasteiger charge is -2.27. The molecule has 0 saturated carbocycles. The zero-order valence-corrected chi connectivity index (χ0v) is 10.9. The van der Waals surface area contributed by atoms with Gasteiger partial charge in [0.1, 0.15) is 5.01 Å². The van der Waals surface area contributed by atoms with Crippen molar-refractivity contribution in [1.82, 2.24) is 15.6 Å². The van der Waals surface area contributed by atoms with Crippen LogP contribution in [0.5, 0.6) is 0 Å². The third-order valence-corrected chi connectivity index (χ3v) is 4.24. The third kappa shape index (κ3) is 2.81. The van der Waals surface area contributed by atoms with Crippen molar-refractivity contribution >= 4 is 11.3 Å². The van der Waals surface area contributed by atoms with Crippen molar-refractivity contribution in [3.63, 3.8) is 0 Å². The van der Waals surface area contributed by atoms with Gasteiger partial charge in [-0.15, -0.1) is 11.3 Å². The maximum Gasteiger partial charge on any atom is 0.109 e. The first-order valence-electron chi connectivity index (χ1n) is 6.11. The van der Waals surface area contributed by atoms with Crippen LogP contribution in [0, 0.1) is 0 Å². The molecule has 2 rings (SSSR count). The number of hydrogen-bond donors (Lipinski definition) is 2. The van der Waals surface area contributed by atoms with Crippen molar-refractivity contribution in [1.29, 1.82) is 0 Å². The summed E-state index contributed by atoms with van der Waals surface area (Å²) in [6, 6.07) is 0.416. The first-order chi connectivity index (χ1) is 7.73. The number of rotatable bonds is 5. The van der Waals surface area contributed by atoms with Gasteiger partial charge in [-0.1, -0.05) is 6.92 Å². The Morgan fingerprint density at radius 1 is 1.69 bits per heavy atom. The fraction of sp³-hybridized carbons (Fsp3) is 0.750. The summed E-state index contributed by atoms with van der Waals surface area (Å²) >= 11 is 1.74. The smallest absolute Gasteiger partial charge is 0.109 e. The largest absolute Gasteiger partial charge is 0.310 e. The molecule has 1 aromatic rings. The highest BCUT2D eigenvalue weighted by Crippen LogP contribution is 2.22. The maximum absolute atomic E-state index is 4.39. The first kappa shape index (κ1) is 12.0. The summed E-state index contributed by atoms with van der Waals surface area (Å²) in [7, 11) is 0. The summed E-state index contributed by atoms with van der Waals surface area (Å²) < 4.78 is 0. The first-order valence-corrected chi connectivity index (χ1v) is 6.99. The molecule has 2 N–H and O–H groups in total. The Hall–Kier alpha value is -0.450. The van der Waals surface area contributed by atoms with Crippen molar-refractivity contribution in [2.24, 2.45) is 0 Å². The van der Waals surface area contributed by atoms with Crippen LogP contribution in [0.4, 0.5) is 0 Å². The second-order valence-corrected chi connectivity index (χ2v) is 5.73. The molecule has 16 heavy (non-hydrogen) atoms. The SMILES string of the molecule is CCC(NCC1(C)CCCN1)c1nccs1.